The first-order valence-electron chi connectivity index (χ1n) is 5.82. The Morgan fingerprint density at radius 3 is 2.12 bits per heavy atom. The molecule has 0 aliphatic heterocycles. The SMILES string of the molecule is CCN(CC(C)(C)CN)S(=O)(=O)CC(C)C. The topological polar surface area (TPSA) is 63.4 Å². The highest BCUT2D eigenvalue weighted by molar-refractivity contribution is 7.89. The van der Waals surface area contributed by atoms with E-state index in [0.29, 0.717) is 19.6 Å². The van der Waals surface area contributed by atoms with E-state index in [4.69, 9.17) is 5.73 Å². The number of hydrogen-bond acceptors (Lipinski definition) is 3. The fourth-order valence-corrected chi connectivity index (χ4v) is 3.47. The van der Waals surface area contributed by atoms with Crippen LogP contribution in [0.15, 0.2) is 0 Å². The third-order valence-corrected chi connectivity index (χ3v) is 4.71. The van der Waals surface area contributed by atoms with Gasteiger partial charge in [0.25, 0.3) is 0 Å². The Hall–Kier alpha value is -0.130. The largest absolute Gasteiger partial charge is 0.330 e. The van der Waals surface area contributed by atoms with E-state index in [1.54, 1.807) is 4.31 Å². The summed E-state index contributed by atoms with van der Waals surface area (Å²) in [6.45, 7) is 11.2. The van der Waals surface area contributed by atoms with Crippen LogP contribution in [0, 0.1) is 11.3 Å². The first-order valence-corrected chi connectivity index (χ1v) is 7.43. The van der Waals surface area contributed by atoms with Crippen molar-refractivity contribution in [1.82, 2.24) is 4.31 Å². The van der Waals surface area contributed by atoms with E-state index in [-0.39, 0.29) is 17.1 Å². The zero-order valence-corrected chi connectivity index (χ0v) is 12.0. The van der Waals surface area contributed by atoms with Gasteiger partial charge in [0.2, 0.25) is 10.0 Å². The number of nitrogens with zero attached hydrogens (tertiary/aromatic N) is 1. The average Bonchev–Trinajstić information content (AvgIpc) is 2.12. The maximum absolute atomic E-state index is 12.1. The van der Waals surface area contributed by atoms with Crippen molar-refractivity contribution in [3.05, 3.63) is 0 Å². The van der Waals surface area contributed by atoms with Crippen molar-refractivity contribution in [2.24, 2.45) is 17.1 Å². The smallest absolute Gasteiger partial charge is 0.214 e. The van der Waals surface area contributed by atoms with Gasteiger partial charge in [0.05, 0.1) is 5.75 Å². The summed E-state index contributed by atoms with van der Waals surface area (Å²) in [4.78, 5) is 0. The fourth-order valence-electron chi connectivity index (χ4n) is 1.48. The van der Waals surface area contributed by atoms with Crippen molar-refractivity contribution in [3.8, 4) is 0 Å². The summed E-state index contributed by atoms with van der Waals surface area (Å²) in [5, 5.41) is 0. The van der Waals surface area contributed by atoms with Crippen molar-refractivity contribution in [2.75, 3.05) is 25.4 Å². The molecule has 4 nitrogen and oxygen atoms in total. The Morgan fingerprint density at radius 1 is 1.31 bits per heavy atom. The van der Waals surface area contributed by atoms with E-state index in [9.17, 15) is 8.42 Å². The third-order valence-electron chi connectivity index (χ3n) is 2.45. The standard InChI is InChI=1S/C11H26N2O2S/c1-6-13(9-11(4,5)8-12)16(14,15)7-10(2)3/h10H,6-9,12H2,1-5H3. The van der Waals surface area contributed by atoms with Crippen molar-refractivity contribution in [1.29, 1.82) is 0 Å². The van der Waals surface area contributed by atoms with E-state index in [2.05, 4.69) is 0 Å². The second-order valence-electron chi connectivity index (χ2n) is 5.47. The minimum Gasteiger partial charge on any atom is -0.330 e. The molecule has 2 N–H and O–H groups in total. The molecule has 0 aliphatic carbocycles. The fraction of sp³-hybridized carbons (Fsp3) is 1.00. The zero-order valence-electron chi connectivity index (χ0n) is 11.2. The van der Waals surface area contributed by atoms with E-state index in [1.165, 1.54) is 0 Å². The highest BCUT2D eigenvalue weighted by Gasteiger charge is 2.27. The Bertz CT molecular complexity index is 297. The molecule has 0 aromatic rings. The number of hydrogen-bond donors (Lipinski definition) is 1. The molecule has 0 unspecified atom stereocenters. The van der Waals surface area contributed by atoms with Gasteiger partial charge in [-0.3, -0.25) is 0 Å². The summed E-state index contributed by atoms with van der Waals surface area (Å²) in [6, 6.07) is 0. The van der Waals surface area contributed by atoms with Gasteiger partial charge >= 0.3 is 0 Å². The summed E-state index contributed by atoms with van der Waals surface area (Å²) in [6.07, 6.45) is 0. The molecule has 0 aromatic heterocycles. The zero-order chi connectivity index (χ0) is 13.0. The number of sulfonamides is 1. The van der Waals surface area contributed by atoms with Gasteiger partial charge in [-0.15, -0.1) is 0 Å². The lowest BCUT2D eigenvalue weighted by Crippen LogP contribution is -2.43. The molecule has 0 radical (unpaired) electrons. The maximum Gasteiger partial charge on any atom is 0.214 e. The molecule has 0 saturated carbocycles. The van der Waals surface area contributed by atoms with Crippen LogP contribution in [0.1, 0.15) is 34.6 Å². The summed E-state index contributed by atoms with van der Waals surface area (Å²) in [5.41, 5.74) is 5.47. The highest BCUT2D eigenvalue weighted by atomic mass is 32.2. The molecule has 0 saturated heterocycles. The Balaban J connectivity index is 4.74. The molecule has 0 bridgehead atoms. The van der Waals surface area contributed by atoms with Gasteiger partial charge in [-0.25, -0.2) is 12.7 Å². The monoisotopic (exact) mass is 250 g/mol. The van der Waals surface area contributed by atoms with E-state index in [0.717, 1.165) is 0 Å². The average molecular weight is 250 g/mol. The van der Waals surface area contributed by atoms with Gasteiger partial charge in [-0.2, -0.15) is 0 Å². The molecule has 5 heteroatoms. The van der Waals surface area contributed by atoms with Crippen LogP contribution < -0.4 is 5.73 Å². The molecule has 0 fully saturated rings. The first-order chi connectivity index (χ1) is 7.14. The molecule has 98 valence electrons. The summed E-state index contributed by atoms with van der Waals surface area (Å²) in [7, 11) is -3.14. The van der Waals surface area contributed by atoms with Crippen LogP contribution in [-0.2, 0) is 10.0 Å². The minimum atomic E-state index is -3.14. The minimum absolute atomic E-state index is 0.153. The van der Waals surface area contributed by atoms with Crippen LogP contribution in [0.5, 0.6) is 0 Å². The Labute approximate surface area is 100 Å². The molecular formula is C11H26N2O2S. The predicted molar refractivity (Wildman–Crippen MR) is 68.7 cm³/mol. The molecule has 0 amide bonds. The maximum atomic E-state index is 12.1. The first kappa shape index (κ1) is 15.9. The number of rotatable bonds is 7. The quantitative estimate of drug-likeness (QED) is 0.740. The van der Waals surface area contributed by atoms with Crippen LogP contribution in [0.2, 0.25) is 0 Å². The lowest BCUT2D eigenvalue weighted by molar-refractivity contribution is 0.272. The van der Waals surface area contributed by atoms with Crippen LogP contribution in [0.4, 0.5) is 0 Å². The predicted octanol–water partition coefficient (Wildman–Crippen LogP) is 1.28. The Kier molecular flexibility index (Phi) is 5.93. The lowest BCUT2D eigenvalue weighted by Gasteiger charge is -2.30. The molecule has 0 aromatic carbocycles. The van der Waals surface area contributed by atoms with E-state index in [1.807, 2.05) is 34.6 Å². The highest BCUT2D eigenvalue weighted by Crippen LogP contribution is 2.18. The van der Waals surface area contributed by atoms with Gasteiger partial charge in [0.15, 0.2) is 0 Å². The molecule has 0 atom stereocenters. The molecule has 0 heterocycles. The second-order valence-corrected chi connectivity index (χ2v) is 7.48. The summed E-state index contributed by atoms with van der Waals surface area (Å²) in [5.74, 6) is 0.363. The molecule has 0 aliphatic rings. The van der Waals surface area contributed by atoms with Crippen LogP contribution >= 0.6 is 0 Å². The van der Waals surface area contributed by atoms with Crippen molar-refractivity contribution < 1.29 is 8.42 Å². The van der Waals surface area contributed by atoms with E-state index >= 15 is 0 Å². The van der Waals surface area contributed by atoms with Crippen molar-refractivity contribution >= 4 is 10.0 Å². The van der Waals surface area contributed by atoms with Gasteiger partial charge in [0.1, 0.15) is 0 Å². The normalized spacial score (nSPS) is 13.8. The van der Waals surface area contributed by atoms with Crippen molar-refractivity contribution in [2.45, 2.75) is 34.6 Å². The lowest BCUT2D eigenvalue weighted by atomic mass is 9.94. The molecule has 0 spiro atoms. The molecule has 0 rings (SSSR count). The van der Waals surface area contributed by atoms with Crippen LogP contribution in [0.25, 0.3) is 0 Å². The summed E-state index contributed by atoms with van der Waals surface area (Å²) < 4.78 is 25.6. The second kappa shape index (κ2) is 5.98. The van der Waals surface area contributed by atoms with Crippen LogP contribution in [-0.4, -0.2) is 38.1 Å². The van der Waals surface area contributed by atoms with Crippen LogP contribution in [0.3, 0.4) is 0 Å². The number of nitrogens with two attached hydrogens (primary N) is 1. The van der Waals surface area contributed by atoms with Gasteiger partial charge < -0.3 is 5.73 Å². The van der Waals surface area contributed by atoms with Crippen molar-refractivity contribution in [3.63, 3.8) is 0 Å². The Morgan fingerprint density at radius 2 is 1.81 bits per heavy atom. The van der Waals surface area contributed by atoms with Gasteiger partial charge in [-0.05, 0) is 17.9 Å². The van der Waals surface area contributed by atoms with E-state index < -0.39 is 10.0 Å². The third kappa shape index (κ3) is 5.27. The van der Waals surface area contributed by atoms with Gasteiger partial charge in [-0.1, -0.05) is 34.6 Å². The molecular weight excluding hydrogens is 224 g/mol. The molecule has 16 heavy (non-hydrogen) atoms. The summed E-state index contributed by atoms with van der Waals surface area (Å²) >= 11 is 0. The van der Waals surface area contributed by atoms with Gasteiger partial charge in [0, 0.05) is 13.1 Å².